The summed E-state index contributed by atoms with van der Waals surface area (Å²) < 4.78 is 11.6. The molecule has 0 saturated carbocycles. The maximum atomic E-state index is 13.7. The molecule has 2 aliphatic heterocycles. The van der Waals surface area contributed by atoms with Crippen LogP contribution in [0.25, 0.3) is 11.0 Å². The van der Waals surface area contributed by atoms with Crippen molar-refractivity contribution in [3.63, 3.8) is 0 Å². The zero-order valence-electron chi connectivity index (χ0n) is 19.2. The molecule has 3 aromatic rings. The van der Waals surface area contributed by atoms with Gasteiger partial charge in [-0.15, -0.1) is 11.8 Å². The van der Waals surface area contributed by atoms with Gasteiger partial charge in [0.1, 0.15) is 5.58 Å². The molecule has 1 fully saturated rings. The number of thioether (sulfide) groups is 1. The molecule has 0 spiro atoms. The van der Waals surface area contributed by atoms with E-state index in [1.807, 2.05) is 56.5 Å². The van der Waals surface area contributed by atoms with Gasteiger partial charge in [-0.25, -0.2) is 0 Å². The molecule has 1 saturated heterocycles. The third-order valence-corrected chi connectivity index (χ3v) is 7.52. The van der Waals surface area contributed by atoms with Gasteiger partial charge in [-0.05, 0) is 61.1 Å². The standard InChI is InChI=1S/C26H28N2O4S/c1-16-14-20-21(15-17(16)2)32-25-22(24(20)29)23(18-4-6-19(33-3)7-5-18)28(26(25)30)9-8-27-10-12-31-13-11-27/h4-7,14-15,23H,8-13H2,1-3H3. The van der Waals surface area contributed by atoms with Crippen LogP contribution in [0.15, 0.2) is 50.5 Å². The number of aryl methyl sites for hydroxylation is 2. The molecule has 1 unspecified atom stereocenters. The molecule has 5 rings (SSSR count). The quantitative estimate of drug-likeness (QED) is 0.532. The lowest BCUT2D eigenvalue weighted by Gasteiger charge is -2.31. The number of carbonyl (C=O) groups excluding carboxylic acids is 1. The van der Waals surface area contributed by atoms with Crippen LogP contribution in [0.5, 0.6) is 0 Å². The first kappa shape index (κ1) is 22.2. The van der Waals surface area contributed by atoms with Crippen molar-refractivity contribution in [1.82, 2.24) is 9.80 Å². The van der Waals surface area contributed by atoms with Crippen LogP contribution in [0.2, 0.25) is 0 Å². The van der Waals surface area contributed by atoms with E-state index in [2.05, 4.69) is 4.90 Å². The summed E-state index contributed by atoms with van der Waals surface area (Å²) in [5, 5.41) is 0.533. The Morgan fingerprint density at radius 1 is 1.00 bits per heavy atom. The molecule has 0 aliphatic carbocycles. The third-order valence-electron chi connectivity index (χ3n) is 6.77. The van der Waals surface area contributed by atoms with Gasteiger partial charge in [0.2, 0.25) is 5.76 Å². The van der Waals surface area contributed by atoms with Gasteiger partial charge in [0.05, 0.1) is 30.2 Å². The zero-order chi connectivity index (χ0) is 23.1. The minimum absolute atomic E-state index is 0.115. The first-order valence-electron chi connectivity index (χ1n) is 11.3. The molecule has 2 aliphatic rings. The molecule has 1 amide bonds. The van der Waals surface area contributed by atoms with Gasteiger partial charge in [-0.1, -0.05) is 12.1 Å². The number of nitrogens with zero attached hydrogens (tertiary/aromatic N) is 2. The third kappa shape index (κ3) is 3.98. The maximum absolute atomic E-state index is 13.7. The van der Waals surface area contributed by atoms with Crippen LogP contribution in [-0.2, 0) is 4.74 Å². The van der Waals surface area contributed by atoms with Crippen molar-refractivity contribution < 1.29 is 13.9 Å². The molecular formula is C26H28N2O4S. The second kappa shape index (κ2) is 8.97. The van der Waals surface area contributed by atoms with Crippen molar-refractivity contribution in [1.29, 1.82) is 0 Å². The Bertz CT molecular complexity index is 1260. The van der Waals surface area contributed by atoms with E-state index in [0.29, 0.717) is 36.3 Å². The molecule has 1 aromatic heterocycles. The molecule has 3 heterocycles. The average molecular weight is 465 g/mol. The van der Waals surface area contributed by atoms with Gasteiger partial charge in [0, 0.05) is 31.1 Å². The van der Waals surface area contributed by atoms with E-state index in [-0.39, 0.29) is 17.1 Å². The Morgan fingerprint density at radius 2 is 1.70 bits per heavy atom. The average Bonchev–Trinajstić information content (AvgIpc) is 3.11. The smallest absolute Gasteiger partial charge is 0.290 e. The highest BCUT2D eigenvalue weighted by Crippen LogP contribution is 2.38. The monoisotopic (exact) mass is 464 g/mol. The van der Waals surface area contributed by atoms with E-state index in [4.69, 9.17) is 9.15 Å². The largest absolute Gasteiger partial charge is 0.450 e. The number of amides is 1. The van der Waals surface area contributed by atoms with E-state index in [1.165, 1.54) is 0 Å². The van der Waals surface area contributed by atoms with Crippen LogP contribution >= 0.6 is 11.8 Å². The zero-order valence-corrected chi connectivity index (χ0v) is 20.0. The lowest BCUT2D eigenvalue weighted by atomic mass is 9.97. The Labute approximate surface area is 197 Å². The molecule has 0 bridgehead atoms. The molecular weight excluding hydrogens is 436 g/mol. The minimum atomic E-state index is -0.452. The maximum Gasteiger partial charge on any atom is 0.290 e. The topological polar surface area (TPSA) is 63.0 Å². The molecule has 0 radical (unpaired) electrons. The van der Waals surface area contributed by atoms with Crippen molar-refractivity contribution in [2.45, 2.75) is 24.8 Å². The fourth-order valence-corrected chi connectivity index (χ4v) is 5.12. The van der Waals surface area contributed by atoms with Crippen molar-refractivity contribution in [2.24, 2.45) is 0 Å². The number of fused-ring (bicyclic) bond motifs is 2. The fourth-order valence-electron chi connectivity index (χ4n) is 4.71. The predicted molar refractivity (Wildman–Crippen MR) is 130 cm³/mol. The van der Waals surface area contributed by atoms with Gasteiger partial charge in [-0.3, -0.25) is 14.5 Å². The number of hydrogen-bond donors (Lipinski definition) is 0. The molecule has 33 heavy (non-hydrogen) atoms. The lowest BCUT2D eigenvalue weighted by Crippen LogP contribution is -2.42. The van der Waals surface area contributed by atoms with E-state index < -0.39 is 6.04 Å². The molecule has 6 nitrogen and oxygen atoms in total. The van der Waals surface area contributed by atoms with Crippen LogP contribution < -0.4 is 5.43 Å². The van der Waals surface area contributed by atoms with Crippen LogP contribution in [0, 0.1) is 13.8 Å². The number of benzene rings is 2. The normalized spacial score (nSPS) is 18.8. The Kier molecular flexibility index (Phi) is 6.03. The minimum Gasteiger partial charge on any atom is -0.450 e. The summed E-state index contributed by atoms with van der Waals surface area (Å²) in [5.74, 6) is -0.0360. The summed E-state index contributed by atoms with van der Waals surface area (Å²) in [5.41, 5.74) is 3.80. The van der Waals surface area contributed by atoms with Gasteiger partial charge in [-0.2, -0.15) is 0 Å². The van der Waals surface area contributed by atoms with Gasteiger partial charge in [0.25, 0.3) is 5.91 Å². The summed E-state index contributed by atoms with van der Waals surface area (Å²) >= 11 is 1.66. The van der Waals surface area contributed by atoms with E-state index in [0.717, 1.165) is 41.2 Å². The van der Waals surface area contributed by atoms with E-state index in [9.17, 15) is 9.59 Å². The van der Waals surface area contributed by atoms with Gasteiger partial charge >= 0.3 is 0 Å². The summed E-state index contributed by atoms with van der Waals surface area (Å²) in [6, 6.07) is 11.4. The highest BCUT2D eigenvalue weighted by atomic mass is 32.2. The summed E-state index contributed by atoms with van der Waals surface area (Å²) in [4.78, 5) is 32.5. The van der Waals surface area contributed by atoms with Crippen molar-refractivity contribution in [2.75, 3.05) is 45.6 Å². The number of rotatable bonds is 5. The molecule has 2 aromatic carbocycles. The summed E-state index contributed by atoms with van der Waals surface area (Å²) in [6.07, 6.45) is 2.03. The molecule has 0 N–H and O–H groups in total. The Hall–Kier alpha value is -2.61. The number of morpholine rings is 1. The van der Waals surface area contributed by atoms with Crippen molar-refractivity contribution in [3.8, 4) is 0 Å². The van der Waals surface area contributed by atoms with Crippen LogP contribution in [0.4, 0.5) is 0 Å². The second-order valence-electron chi connectivity index (χ2n) is 8.73. The molecule has 1 atom stereocenters. The van der Waals surface area contributed by atoms with Crippen LogP contribution in [-0.4, -0.2) is 61.4 Å². The van der Waals surface area contributed by atoms with E-state index in [1.54, 1.807) is 16.7 Å². The molecule has 172 valence electrons. The Morgan fingerprint density at radius 3 is 2.39 bits per heavy atom. The van der Waals surface area contributed by atoms with Crippen molar-refractivity contribution in [3.05, 3.63) is 74.6 Å². The summed E-state index contributed by atoms with van der Waals surface area (Å²) in [6.45, 7) is 8.33. The molecule has 7 heteroatoms. The first-order chi connectivity index (χ1) is 16.0. The second-order valence-corrected chi connectivity index (χ2v) is 9.61. The lowest BCUT2D eigenvalue weighted by molar-refractivity contribution is 0.0314. The van der Waals surface area contributed by atoms with Crippen LogP contribution in [0.1, 0.15) is 38.9 Å². The highest BCUT2D eigenvalue weighted by molar-refractivity contribution is 7.98. The highest BCUT2D eigenvalue weighted by Gasteiger charge is 2.42. The van der Waals surface area contributed by atoms with Gasteiger partial charge < -0.3 is 14.1 Å². The van der Waals surface area contributed by atoms with Crippen molar-refractivity contribution >= 4 is 28.6 Å². The fraction of sp³-hybridized carbons (Fsp3) is 0.385. The van der Waals surface area contributed by atoms with Gasteiger partial charge in [0.15, 0.2) is 5.43 Å². The Balaban J connectivity index is 1.61. The number of hydrogen-bond acceptors (Lipinski definition) is 6. The number of carbonyl (C=O) groups is 1. The van der Waals surface area contributed by atoms with E-state index >= 15 is 0 Å². The predicted octanol–water partition coefficient (Wildman–Crippen LogP) is 4.01. The SMILES string of the molecule is CSc1ccc(C2c3c(oc4cc(C)c(C)cc4c3=O)C(=O)N2CCN2CCOCC2)cc1. The van der Waals surface area contributed by atoms with Crippen LogP contribution in [0.3, 0.4) is 0 Å². The summed E-state index contributed by atoms with van der Waals surface area (Å²) in [7, 11) is 0. The first-order valence-corrected chi connectivity index (χ1v) is 12.5. The number of ether oxygens (including phenoxy) is 1.